The quantitative estimate of drug-likeness (QED) is 0.244. The van der Waals surface area contributed by atoms with E-state index in [9.17, 15) is 25.2 Å². The maximum atomic E-state index is 14.1. The molecule has 0 aliphatic carbocycles. The van der Waals surface area contributed by atoms with Gasteiger partial charge < -0.3 is 59.1 Å². The highest BCUT2D eigenvalue weighted by atomic mass is 16.7. The van der Waals surface area contributed by atoms with Gasteiger partial charge in [-0.05, 0) is 101 Å². The largest absolute Gasteiger partial charge is 0.459 e. The highest BCUT2D eigenvalue weighted by Gasteiger charge is 2.51. The molecule has 0 bridgehead atoms. The van der Waals surface area contributed by atoms with Crippen LogP contribution in [-0.4, -0.2) is 143 Å². The number of cyclic esters (lactones) is 1. The summed E-state index contributed by atoms with van der Waals surface area (Å²) in [6.07, 6.45) is -5.68. The van der Waals surface area contributed by atoms with E-state index in [1.165, 1.54) is 7.11 Å². The van der Waals surface area contributed by atoms with Crippen LogP contribution in [0.3, 0.4) is 0 Å². The van der Waals surface area contributed by atoms with Gasteiger partial charge in [0, 0.05) is 31.5 Å². The van der Waals surface area contributed by atoms with Crippen molar-refractivity contribution in [2.75, 3.05) is 27.7 Å². The molecule has 50 heavy (non-hydrogen) atoms. The first kappa shape index (κ1) is 43.4. The highest BCUT2D eigenvalue weighted by molar-refractivity contribution is 5.73. The van der Waals surface area contributed by atoms with E-state index < -0.39 is 83.8 Å². The molecule has 3 heterocycles. The lowest BCUT2D eigenvalue weighted by Crippen LogP contribution is -2.60. The fraction of sp³-hybridized carbons (Fsp3) is 0.973. The number of ether oxygens (including phenoxy) is 6. The molecule has 3 saturated heterocycles. The van der Waals surface area contributed by atoms with Gasteiger partial charge in [-0.15, -0.1) is 0 Å². The fourth-order valence-electron chi connectivity index (χ4n) is 8.43. The van der Waals surface area contributed by atoms with Crippen LogP contribution in [0.5, 0.6) is 0 Å². The van der Waals surface area contributed by atoms with Crippen LogP contribution < -0.4 is 5.32 Å². The predicted molar refractivity (Wildman–Crippen MR) is 188 cm³/mol. The van der Waals surface area contributed by atoms with Crippen molar-refractivity contribution >= 4 is 5.97 Å². The molecule has 3 aliphatic heterocycles. The lowest BCUT2D eigenvalue weighted by molar-refractivity contribution is -0.318. The van der Waals surface area contributed by atoms with Crippen LogP contribution in [0.2, 0.25) is 0 Å². The summed E-state index contributed by atoms with van der Waals surface area (Å²) >= 11 is 0. The molecule has 0 unspecified atom stereocenters. The zero-order chi connectivity index (χ0) is 37.9. The second-order valence-electron chi connectivity index (χ2n) is 16.7. The van der Waals surface area contributed by atoms with Gasteiger partial charge in [0.05, 0.1) is 41.5 Å². The van der Waals surface area contributed by atoms with Gasteiger partial charge in [0.1, 0.15) is 23.9 Å². The van der Waals surface area contributed by atoms with Crippen molar-refractivity contribution < 1.29 is 53.6 Å². The predicted octanol–water partition coefficient (Wildman–Crippen LogP) is 2.59. The third-order valence-corrected chi connectivity index (χ3v) is 11.4. The Morgan fingerprint density at radius 1 is 0.940 bits per heavy atom. The molecule has 13 nitrogen and oxygen atoms in total. The molecular weight excluding hydrogens is 648 g/mol. The molecule has 0 amide bonds. The molecule has 0 aromatic rings. The Morgan fingerprint density at radius 3 is 2.16 bits per heavy atom. The number of carbonyl (C=O) groups excluding carboxylic acids is 1. The molecule has 0 spiro atoms. The molecule has 5 N–H and O–H groups in total. The monoisotopic (exact) mass is 718 g/mol. The molecule has 294 valence electrons. The maximum Gasteiger partial charge on any atom is 0.311 e. The molecule has 3 aliphatic rings. The third kappa shape index (κ3) is 10.4. The Kier molecular flexibility index (Phi) is 15.2. The minimum atomic E-state index is -1.48. The standard InChI is InChI=1S/C37H70N2O11/c1-14-27-35(8,43)17-21(3)38-19-20(2)16-36(9,44)32(50-34-29(40)26(39(11)12)15-22(4)46-34)23(5)30(24(6)33(42)48-27)49-28-18-37(10,45-13)31(41)25(7)47-28/h20-32,34,38,40-41,43-44H,14-19H2,1-13H3/t20-,21-,22-,23-,24-,25+,26+,27+,28+,29-,30-,31+,32-,34+,35-,36+,37-/m1/s1. The fourth-order valence-corrected chi connectivity index (χ4v) is 8.43. The zero-order valence-electron chi connectivity index (χ0n) is 32.9. The molecule has 0 aromatic carbocycles. The van der Waals surface area contributed by atoms with E-state index in [4.69, 9.17) is 28.4 Å². The second-order valence-corrected chi connectivity index (χ2v) is 16.7. The van der Waals surface area contributed by atoms with Gasteiger partial charge in [0.25, 0.3) is 0 Å². The van der Waals surface area contributed by atoms with Crippen LogP contribution in [0.15, 0.2) is 0 Å². The van der Waals surface area contributed by atoms with Crippen LogP contribution in [0.1, 0.15) is 101 Å². The molecule has 13 heteroatoms. The van der Waals surface area contributed by atoms with E-state index >= 15 is 0 Å². The number of nitrogens with zero attached hydrogens (tertiary/aromatic N) is 1. The average Bonchev–Trinajstić information content (AvgIpc) is 3.02. The number of likely N-dealkylation sites (N-methyl/N-ethyl adjacent to an activating group) is 1. The van der Waals surface area contributed by atoms with Crippen LogP contribution in [0.4, 0.5) is 0 Å². The maximum absolute atomic E-state index is 14.1. The van der Waals surface area contributed by atoms with Crippen LogP contribution >= 0.6 is 0 Å². The van der Waals surface area contributed by atoms with Gasteiger partial charge in [-0.3, -0.25) is 4.79 Å². The van der Waals surface area contributed by atoms with E-state index in [0.29, 0.717) is 32.2 Å². The Hall–Kier alpha value is -0.970. The highest BCUT2D eigenvalue weighted by Crippen LogP contribution is 2.39. The Labute approximate surface area is 300 Å². The van der Waals surface area contributed by atoms with E-state index in [1.807, 2.05) is 53.6 Å². The number of hydrogen-bond donors (Lipinski definition) is 5. The summed E-state index contributed by atoms with van der Waals surface area (Å²) in [4.78, 5) is 16.0. The van der Waals surface area contributed by atoms with Crippen molar-refractivity contribution in [2.24, 2.45) is 17.8 Å². The van der Waals surface area contributed by atoms with Crippen molar-refractivity contribution in [1.29, 1.82) is 0 Å². The number of hydrogen-bond acceptors (Lipinski definition) is 13. The normalized spacial score (nSPS) is 49.2. The summed E-state index contributed by atoms with van der Waals surface area (Å²) < 4.78 is 37.6. The third-order valence-electron chi connectivity index (χ3n) is 11.4. The number of aliphatic hydroxyl groups excluding tert-OH is 2. The number of methoxy groups -OCH3 is 1. The smallest absolute Gasteiger partial charge is 0.311 e. The number of nitrogens with one attached hydrogen (secondary N) is 1. The Bertz CT molecular complexity index is 1080. The first-order valence-electron chi connectivity index (χ1n) is 18.6. The van der Waals surface area contributed by atoms with Crippen molar-refractivity contribution in [2.45, 2.75) is 186 Å². The molecule has 0 aromatic heterocycles. The average molecular weight is 719 g/mol. The summed E-state index contributed by atoms with van der Waals surface area (Å²) in [6, 6.07) is -0.355. The van der Waals surface area contributed by atoms with Crippen molar-refractivity contribution in [3.05, 3.63) is 0 Å². The van der Waals surface area contributed by atoms with Crippen LogP contribution in [0.25, 0.3) is 0 Å². The summed E-state index contributed by atoms with van der Waals surface area (Å²) in [5, 5.41) is 49.8. The van der Waals surface area contributed by atoms with E-state index in [0.717, 1.165) is 0 Å². The molecule has 0 radical (unpaired) electrons. The lowest BCUT2D eigenvalue weighted by Gasteiger charge is -2.48. The van der Waals surface area contributed by atoms with Gasteiger partial charge in [-0.2, -0.15) is 0 Å². The van der Waals surface area contributed by atoms with E-state index in [1.54, 1.807) is 34.6 Å². The molecule has 3 fully saturated rings. The molecule has 3 rings (SSSR count). The number of carbonyl (C=O) groups is 1. The summed E-state index contributed by atoms with van der Waals surface area (Å²) in [5.74, 6) is -2.22. The molecular formula is C37H70N2O11. The first-order valence-corrected chi connectivity index (χ1v) is 18.6. The van der Waals surface area contributed by atoms with E-state index in [2.05, 4.69) is 5.32 Å². The number of esters is 1. The molecule has 17 atom stereocenters. The topological polar surface area (TPSA) is 169 Å². The molecule has 0 saturated carbocycles. The van der Waals surface area contributed by atoms with Crippen molar-refractivity contribution in [3.8, 4) is 0 Å². The van der Waals surface area contributed by atoms with Gasteiger partial charge in [-0.1, -0.05) is 20.8 Å². The summed E-state index contributed by atoms with van der Waals surface area (Å²) in [5.41, 5.74) is -3.79. The summed E-state index contributed by atoms with van der Waals surface area (Å²) in [7, 11) is 5.32. The van der Waals surface area contributed by atoms with Gasteiger partial charge in [0.2, 0.25) is 0 Å². The van der Waals surface area contributed by atoms with Crippen molar-refractivity contribution in [1.82, 2.24) is 10.2 Å². The Balaban J connectivity index is 2.13. The van der Waals surface area contributed by atoms with Gasteiger partial charge in [0.15, 0.2) is 12.6 Å². The minimum absolute atomic E-state index is 0.0328. The lowest BCUT2D eigenvalue weighted by atomic mass is 9.77. The van der Waals surface area contributed by atoms with Crippen LogP contribution in [-0.2, 0) is 33.2 Å². The summed E-state index contributed by atoms with van der Waals surface area (Å²) in [6.45, 7) is 18.8. The SMILES string of the molecule is CC[C@@H]1OC(=O)[C@H](C)[C@H](O[C@H]2C[C@@](C)(OC)[C@@H](O)[C@H](C)O2)[C@@H](C)[C@@H](O[C@@H]2O[C@H](C)C[C@H](N(C)C)[C@H]2O)[C@@](C)(O)C[C@@H](C)CN[C@H](C)C[C@@]1(C)O. The number of aliphatic hydroxyl groups is 4. The van der Waals surface area contributed by atoms with Gasteiger partial charge in [-0.25, -0.2) is 0 Å². The zero-order valence-corrected chi connectivity index (χ0v) is 32.9. The van der Waals surface area contributed by atoms with E-state index in [-0.39, 0.29) is 30.5 Å². The van der Waals surface area contributed by atoms with Crippen molar-refractivity contribution in [3.63, 3.8) is 0 Å². The Morgan fingerprint density at radius 2 is 1.58 bits per heavy atom. The number of rotatable bonds is 7. The minimum Gasteiger partial charge on any atom is -0.459 e. The van der Waals surface area contributed by atoms with Gasteiger partial charge >= 0.3 is 5.97 Å². The first-order chi connectivity index (χ1) is 23.1. The second kappa shape index (κ2) is 17.4. The van der Waals surface area contributed by atoms with Crippen LogP contribution in [0, 0.1) is 17.8 Å².